The van der Waals surface area contributed by atoms with Crippen LogP contribution in [0.1, 0.15) is 60.3 Å². The molecular formula is C21H26N4O3. The van der Waals surface area contributed by atoms with E-state index >= 15 is 0 Å². The Hall–Kier alpha value is -2.83. The predicted octanol–water partition coefficient (Wildman–Crippen LogP) is 3.58. The number of hydrogen-bond acceptors (Lipinski definition) is 6. The molecule has 0 spiro atoms. The number of ether oxygens (including phenoxy) is 2. The SMILES string of the molecule is Cc1cc(C(=O)NCc2ccc3c(c2)OCO3)nc(NC2CCCCCC2)n1. The van der Waals surface area contributed by atoms with E-state index in [0.29, 0.717) is 30.0 Å². The molecule has 7 heteroatoms. The molecule has 4 rings (SSSR count). The highest BCUT2D eigenvalue weighted by atomic mass is 16.7. The van der Waals surface area contributed by atoms with Crippen molar-refractivity contribution in [1.82, 2.24) is 15.3 Å². The summed E-state index contributed by atoms with van der Waals surface area (Å²) in [5, 5.41) is 6.35. The molecule has 0 atom stereocenters. The van der Waals surface area contributed by atoms with Crippen molar-refractivity contribution in [3.05, 3.63) is 41.2 Å². The molecular weight excluding hydrogens is 356 g/mol. The van der Waals surface area contributed by atoms with Crippen molar-refractivity contribution in [2.24, 2.45) is 0 Å². The number of carbonyl (C=O) groups excluding carboxylic acids is 1. The summed E-state index contributed by atoms with van der Waals surface area (Å²) in [5.74, 6) is 1.77. The van der Waals surface area contributed by atoms with Crippen LogP contribution in [0.25, 0.3) is 0 Å². The molecule has 1 aromatic carbocycles. The standard InChI is InChI=1S/C21H26N4O3/c1-14-10-17(25-21(23-14)24-16-6-4-2-3-5-7-16)20(26)22-12-15-8-9-18-19(11-15)28-13-27-18/h8-11,16H,2-7,12-13H2,1H3,(H,22,26)(H,23,24,25). The average molecular weight is 382 g/mol. The minimum atomic E-state index is -0.216. The number of amides is 1. The van der Waals surface area contributed by atoms with E-state index in [-0.39, 0.29) is 12.7 Å². The number of benzene rings is 1. The Morgan fingerprint density at radius 2 is 1.86 bits per heavy atom. The van der Waals surface area contributed by atoms with Crippen LogP contribution in [0.15, 0.2) is 24.3 Å². The van der Waals surface area contributed by atoms with Gasteiger partial charge in [-0.25, -0.2) is 9.97 Å². The predicted molar refractivity (Wildman–Crippen MR) is 106 cm³/mol. The smallest absolute Gasteiger partial charge is 0.270 e. The molecule has 1 amide bonds. The van der Waals surface area contributed by atoms with E-state index in [1.807, 2.05) is 25.1 Å². The zero-order chi connectivity index (χ0) is 19.3. The molecule has 0 saturated heterocycles. The first-order valence-electron chi connectivity index (χ1n) is 9.96. The maximum absolute atomic E-state index is 12.6. The molecule has 1 aliphatic carbocycles. The molecule has 2 heterocycles. The lowest BCUT2D eigenvalue weighted by Crippen LogP contribution is -2.26. The highest BCUT2D eigenvalue weighted by Gasteiger charge is 2.17. The van der Waals surface area contributed by atoms with Crippen molar-refractivity contribution >= 4 is 11.9 Å². The van der Waals surface area contributed by atoms with Gasteiger partial charge in [0.05, 0.1) is 0 Å². The van der Waals surface area contributed by atoms with E-state index in [2.05, 4.69) is 20.6 Å². The molecule has 2 aliphatic rings. The van der Waals surface area contributed by atoms with E-state index < -0.39 is 0 Å². The zero-order valence-corrected chi connectivity index (χ0v) is 16.2. The second-order valence-corrected chi connectivity index (χ2v) is 7.42. The molecule has 0 radical (unpaired) electrons. The fraction of sp³-hybridized carbons (Fsp3) is 0.476. The topological polar surface area (TPSA) is 85.4 Å². The van der Waals surface area contributed by atoms with Gasteiger partial charge >= 0.3 is 0 Å². The number of fused-ring (bicyclic) bond motifs is 1. The molecule has 28 heavy (non-hydrogen) atoms. The van der Waals surface area contributed by atoms with Gasteiger partial charge in [0.1, 0.15) is 5.69 Å². The number of aryl methyl sites for hydroxylation is 1. The van der Waals surface area contributed by atoms with Crippen LogP contribution in [0.2, 0.25) is 0 Å². The Morgan fingerprint density at radius 3 is 2.68 bits per heavy atom. The summed E-state index contributed by atoms with van der Waals surface area (Å²) in [4.78, 5) is 21.5. The molecule has 1 aliphatic heterocycles. The molecule has 0 bridgehead atoms. The number of rotatable bonds is 5. The van der Waals surface area contributed by atoms with Gasteiger partial charge in [0, 0.05) is 18.3 Å². The van der Waals surface area contributed by atoms with Crippen LogP contribution < -0.4 is 20.1 Å². The Labute approximate surface area is 164 Å². The third-order valence-electron chi connectivity index (χ3n) is 5.17. The summed E-state index contributed by atoms with van der Waals surface area (Å²) in [7, 11) is 0. The summed E-state index contributed by atoms with van der Waals surface area (Å²) in [6.45, 7) is 2.51. The van der Waals surface area contributed by atoms with Gasteiger partial charge in [0.25, 0.3) is 5.91 Å². The summed E-state index contributed by atoms with van der Waals surface area (Å²) < 4.78 is 10.7. The van der Waals surface area contributed by atoms with Crippen LogP contribution in [0.4, 0.5) is 5.95 Å². The van der Waals surface area contributed by atoms with Crippen LogP contribution in [0.3, 0.4) is 0 Å². The van der Waals surface area contributed by atoms with Crippen LogP contribution in [0.5, 0.6) is 11.5 Å². The molecule has 1 aromatic heterocycles. The fourth-order valence-electron chi connectivity index (χ4n) is 3.68. The third-order valence-corrected chi connectivity index (χ3v) is 5.17. The minimum Gasteiger partial charge on any atom is -0.454 e. The highest BCUT2D eigenvalue weighted by molar-refractivity contribution is 5.92. The van der Waals surface area contributed by atoms with E-state index in [4.69, 9.17) is 9.47 Å². The minimum absolute atomic E-state index is 0.216. The third kappa shape index (κ3) is 4.52. The van der Waals surface area contributed by atoms with Gasteiger partial charge in [0.15, 0.2) is 11.5 Å². The normalized spacial score (nSPS) is 16.5. The lowest BCUT2D eigenvalue weighted by Gasteiger charge is -2.17. The van der Waals surface area contributed by atoms with Crippen molar-refractivity contribution in [3.63, 3.8) is 0 Å². The van der Waals surface area contributed by atoms with Gasteiger partial charge in [-0.3, -0.25) is 4.79 Å². The van der Waals surface area contributed by atoms with Gasteiger partial charge < -0.3 is 20.1 Å². The Balaban J connectivity index is 1.40. The second-order valence-electron chi connectivity index (χ2n) is 7.42. The monoisotopic (exact) mass is 382 g/mol. The Bertz CT molecular complexity index is 848. The highest BCUT2D eigenvalue weighted by Crippen LogP contribution is 2.32. The molecule has 1 saturated carbocycles. The zero-order valence-electron chi connectivity index (χ0n) is 16.2. The number of nitrogens with one attached hydrogen (secondary N) is 2. The molecule has 1 fully saturated rings. The number of aromatic nitrogens is 2. The Morgan fingerprint density at radius 1 is 1.07 bits per heavy atom. The summed E-state index contributed by atoms with van der Waals surface area (Å²) >= 11 is 0. The van der Waals surface area contributed by atoms with Gasteiger partial charge in [0.2, 0.25) is 12.7 Å². The van der Waals surface area contributed by atoms with E-state index in [1.165, 1.54) is 25.7 Å². The second kappa shape index (κ2) is 8.46. The van der Waals surface area contributed by atoms with Crippen molar-refractivity contribution in [3.8, 4) is 11.5 Å². The first-order chi connectivity index (χ1) is 13.7. The average Bonchev–Trinajstić information content (AvgIpc) is 3.01. The van der Waals surface area contributed by atoms with Crippen LogP contribution in [0, 0.1) is 6.92 Å². The Kier molecular flexibility index (Phi) is 5.60. The largest absolute Gasteiger partial charge is 0.454 e. The van der Waals surface area contributed by atoms with Gasteiger partial charge in [-0.15, -0.1) is 0 Å². The summed E-state index contributed by atoms with van der Waals surface area (Å²) in [6, 6.07) is 7.75. The van der Waals surface area contributed by atoms with Gasteiger partial charge in [-0.2, -0.15) is 0 Å². The van der Waals surface area contributed by atoms with E-state index in [9.17, 15) is 4.79 Å². The van der Waals surface area contributed by atoms with Crippen LogP contribution >= 0.6 is 0 Å². The quantitative estimate of drug-likeness (QED) is 0.769. The maximum atomic E-state index is 12.6. The van der Waals surface area contributed by atoms with Crippen molar-refractivity contribution < 1.29 is 14.3 Å². The van der Waals surface area contributed by atoms with Crippen molar-refractivity contribution in [2.45, 2.75) is 58.0 Å². The molecule has 0 unspecified atom stereocenters. The van der Waals surface area contributed by atoms with Gasteiger partial charge in [-0.05, 0) is 43.5 Å². The first-order valence-corrected chi connectivity index (χ1v) is 9.96. The fourth-order valence-corrected chi connectivity index (χ4v) is 3.68. The molecule has 2 N–H and O–H groups in total. The lowest BCUT2D eigenvalue weighted by atomic mass is 10.1. The van der Waals surface area contributed by atoms with Crippen LogP contribution in [-0.2, 0) is 6.54 Å². The van der Waals surface area contributed by atoms with Crippen molar-refractivity contribution in [2.75, 3.05) is 12.1 Å². The summed E-state index contributed by atoms with van der Waals surface area (Å²) in [6.07, 6.45) is 7.30. The lowest BCUT2D eigenvalue weighted by molar-refractivity contribution is 0.0945. The van der Waals surface area contributed by atoms with Crippen LogP contribution in [-0.4, -0.2) is 28.7 Å². The number of hydrogen-bond donors (Lipinski definition) is 2. The molecule has 2 aromatic rings. The molecule has 148 valence electrons. The van der Waals surface area contributed by atoms with Gasteiger partial charge in [-0.1, -0.05) is 31.7 Å². The van der Waals surface area contributed by atoms with E-state index in [0.717, 1.165) is 29.8 Å². The number of carbonyl (C=O) groups is 1. The number of nitrogens with zero attached hydrogens (tertiary/aromatic N) is 2. The van der Waals surface area contributed by atoms with Crippen molar-refractivity contribution in [1.29, 1.82) is 0 Å². The van der Waals surface area contributed by atoms with E-state index in [1.54, 1.807) is 6.07 Å². The first kappa shape index (κ1) is 18.5. The molecule has 7 nitrogen and oxygen atoms in total. The maximum Gasteiger partial charge on any atom is 0.270 e. The number of anilines is 1. The summed E-state index contributed by atoms with van der Waals surface area (Å²) in [5.41, 5.74) is 2.10.